The van der Waals surface area contributed by atoms with Gasteiger partial charge in [0.15, 0.2) is 0 Å². The first kappa shape index (κ1) is 14.4. The molecule has 0 aliphatic carbocycles. The van der Waals surface area contributed by atoms with Gasteiger partial charge >= 0.3 is 0 Å². The minimum atomic E-state index is 0.215. The summed E-state index contributed by atoms with van der Waals surface area (Å²) in [6.45, 7) is 6.29. The van der Waals surface area contributed by atoms with Gasteiger partial charge in [0.25, 0.3) is 0 Å². The van der Waals surface area contributed by atoms with E-state index in [9.17, 15) is 0 Å². The van der Waals surface area contributed by atoms with Crippen molar-refractivity contribution in [1.82, 2.24) is 5.32 Å². The van der Waals surface area contributed by atoms with Crippen molar-refractivity contribution in [2.45, 2.75) is 37.7 Å². The van der Waals surface area contributed by atoms with Crippen LogP contribution >= 0.6 is 11.8 Å². The van der Waals surface area contributed by atoms with Crippen LogP contribution in [0.2, 0.25) is 0 Å². The van der Waals surface area contributed by atoms with Crippen molar-refractivity contribution in [3.05, 3.63) is 24.3 Å². The van der Waals surface area contributed by atoms with Crippen molar-refractivity contribution < 1.29 is 4.74 Å². The second-order valence-corrected chi connectivity index (χ2v) is 5.04. The van der Waals surface area contributed by atoms with Gasteiger partial charge in [-0.3, -0.25) is 0 Å². The number of unbranched alkanes of at least 4 members (excludes halogenated alkanes) is 1. The summed E-state index contributed by atoms with van der Waals surface area (Å²) >= 11 is 1.75. The van der Waals surface area contributed by atoms with Crippen LogP contribution in [0, 0.1) is 0 Å². The number of ether oxygens (including phenoxy) is 1. The zero-order chi connectivity index (χ0) is 12.5. The van der Waals surface area contributed by atoms with Crippen LogP contribution in [0.4, 0.5) is 0 Å². The number of rotatable bonds is 8. The van der Waals surface area contributed by atoms with Crippen molar-refractivity contribution in [2.75, 3.05) is 19.3 Å². The highest BCUT2D eigenvalue weighted by Gasteiger charge is 2.03. The van der Waals surface area contributed by atoms with Crippen LogP contribution in [-0.4, -0.2) is 25.4 Å². The standard InChI is InChI=1S/C14H23NOS/c1-4-5-10-15-11-12(2)16-13-6-8-14(17-3)9-7-13/h6-9,12,15H,4-5,10-11H2,1-3H3. The fourth-order valence-electron chi connectivity index (χ4n) is 1.54. The number of hydrogen-bond donors (Lipinski definition) is 1. The molecule has 1 aromatic rings. The maximum Gasteiger partial charge on any atom is 0.119 e. The SMILES string of the molecule is CCCCNCC(C)Oc1ccc(SC)cc1. The summed E-state index contributed by atoms with van der Waals surface area (Å²) in [6.07, 6.45) is 4.76. The molecule has 1 N–H and O–H groups in total. The van der Waals surface area contributed by atoms with Gasteiger partial charge in [-0.2, -0.15) is 0 Å². The van der Waals surface area contributed by atoms with Gasteiger partial charge in [0.1, 0.15) is 11.9 Å². The highest BCUT2D eigenvalue weighted by Crippen LogP contribution is 2.19. The van der Waals surface area contributed by atoms with Crippen molar-refractivity contribution in [2.24, 2.45) is 0 Å². The first-order valence-electron chi connectivity index (χ1n) is 6.27. The normalized spacial score (nSPS) is 12.4. The van der Waals surface area contributed by atoms with Gasteiger partial charge in [0.2, 0.25) is 0 Å². The molecule has 0 aliphatic heterocycles. The molecule has 0 bridgehead atoms. The molecule has 1 aromatic carbocycles. The van der Waals surface area contributed by atoms with Gasteiger partial charge < -0.3 is 10.1 Å². The number of nitrogens with one attached hydrogen (secondary N) is 1. The molecule has 1 rings (SSSR count). The van der Waals surface area contributed by atoms with Crippen molar-refractivity contribution in [3.8, 4) is 5.75 Å². The van der Waals surface area contributed by atoms with Crippen LogP contribution in [0.15, 0.2) is 29.2 Å². The van der Waals surface area contributed by atoms with E-state index in [1.807, 2.05) is 12.1 Å². The summed E-state index contributed by atoms with van der Waals surface area (Å²) < 4.78 is 5.82. The quantitative estimate of drug-likeness (QED) is 0.565. The Balaban J connectivity index is 2.26. The van der Waals surface area contributed by atoms with E-state index in [2.05, 4.69) is 37.6 Å². The molecule has 2 nitrogen and oxygen atoms in total. The fourth-order valence-corrected chi connectivity index (χ4v) is 1.94. The first-order valence-corrected chi connectivity index (χ1v) is 7.50. The van der Waals surface area contributed by atoms with E-state index in [0.717, 1.165) is 18.8 Å². The Kier molecular flexibility index (Phi) is 7.13. The molecule has 0 radical (unpaired) electrons. The predicted molar refractivity (Wildman–Crippen MR) is 76.1 cm³/mol. The molecule has 17 heavy (non-hydrogen) atoms. The zero-order valence-corrected chi connectivity index (χ0v) is 11.8. The Morgan fingerprint density at radius 2 is 2.00 bits per heavy atom. The maximum absolute atomic E-state index is 5.82. The van der Waals surface area contributed by atoms with Gasteiger partial charge in [-0.1, -0.05) is 13.3 Å². The zero-order valence-electron chi connectivity index (χ0n) is 11.0. The Morgan fingerprint density at radius 3 is 2.59 bits per heavy atom. The molecule has 0 aliphatic rings. The van der Waals surface area contributed by atoms with Crippen LogP contribution in [0.25, 0.3) is 0 Å². The van der Waals surface area contributed by atoms with E-state index in [-0.39, 0.29) is 6.10 Å². The number of benzene rings is 1. The van der Waals surface area contributed by atoms with Crippen LogP contribution in [0.3, 0.4) is 0 Å². The summed E-state index contributed by atoms with van der Waals surface area (Å²) in [5.74, 6) is 0.951. The third-order valence-corrected chi connectivity index (χ3v) is 3.28. The van der Waals surface area contributed by atoms with Gasteiger partial charge in [-0.15, -0.1) is 11.8 Å². The number of thioether (sulfide) groups is 1. The Labute approximate surface area is 109 Å². The highest BCUT2D eigenvalue weighted by molar-refractivity contribution is 7.98. The lowest BCUT2D eigenvalue weighted by molar-refractivity contribution is 0.217. The molecule has 1 unspecified atom stereocenters. The molecule has 3 heteroatoms. The second-order valence-electron chi connectivity index (χ2n) is 4.16. The average Bonchev–Trinajstić information content (AvgIpc) is 2.36. The predicted octanol–water partition coefficient (Wildman–Crippen LogP) is 3.57. The minimum Gasteiger partial charge on any atom is -0.489 e. The summed E-state index contributed by atoms with van der Waals surface area (Å²) in [5.41, 5.74) is 0. The molecule has 1 atom stereocenters. The Morgan fingerprint density at radius 1 is 1.29 bits per heavy atom. The largest absolute Gasteiger partial charge is 0.489 e. The molecule has 0 saturated heterocycles. The van der Waals surface area contributed by atoms with Gasteiger partial charge in [0, 0.05) is 11.4 Å². The van der Waals surface area contributed by atoms with Crippen molar-refractivity contribution in [3.63, 3.8) is 0 Å². The third kappa shape index (κ3) is 5.99. The lowest BCUT2D eigenvalue weighted by atomic mass is 10.3. The van der Waals surface area contributed by atoms with E-state index in [4.69, 9.17) is 4.74 Å². The molecule has 0 saturated carbocycles. The van der Waals surface area contributed by atoms with E-state index >= 15 is 0 Å². The van der Waals surface area contributed by atoms with Gasteiger partial charge in [0.05, 0.1) is 0 Å². The molecule has 0 heterocycles. The smallest absolute Gasteiger partial charge is 0.119 e. The topological polar surface area (TPSA) is 21.3 Å². The van der Waals surface area contributed by atoms with Gasteiger partial charge in [-0.25, -0.2) is 0 Å². The monoisotopic (exact) mass is 253 g/mol. The Hall–Kier alpha value is -0.670. The number of hydrogen-bond acceptors (Lipinski definition) is 3. The van der Waals surface area contributed by atoms with Gasteiger partial charge in [-0.05, 0) is 50.4 Å². The van der Waals surface area contributed by atoms with E-state index in [1.54, 1.807) is 11.8 Å². The van der Waals surface area contributed by atoms with E-state index < -0.39 is 0 Å². The third-order valence-electron chi connectivity index (χ3n) is 2.54. The molecule has 0 fully saturated rings. The minimum absolute atomic E-state index is 0.215. The molecule has 96 valence electrons. The van der Waals surface area contributed by atoms with Crippen LogP contribution in [0.5, 0.6) is 5.75 Å². The van der Waals surface area contributed by atoms with Crippen LogP contribution < -0.4 is 10.1 Å². The summed E-state index contributed by atoms with van der Waals surface area (Å²) in [4.78, 5) is 1.27. The summed E-state index contributed by atoms with van der Waals surface area (Å²) in [5, 5.41) is 3.40. The summed E-state index contributed by atoms with van der Waals surface area (Å²) in [7, 11) is 0. The van der Waals surface area contributed by atoms with Crippen LogP contribution in [0.1, 0.15) is 26.7 Å². The Bertz CT molecular complexity index is 300. The molecule has 0 aromatic heterocycles. The van der Waals surface area contributed by atoms with Crippen molar-refractivity contribution in [1.29, 1.82) is 0 Å². The maximum atomic E-state index is 5.82. The fraction of sp³-hybridized carbons (Fsp3) is 0.571. The lowest BCUT2D eigenvalue weighted by Crippen LogP contribution is -2.29. The second kappa shape index (κ2) is 8.43. The lowest BCUT2D eigenvalue weighted by Gasteiger charge is -2.15. The highest BCUT2D eigenvalue weighted by atomic mass is 32.2. The molecule has 0 amide bonds. The molecular weight excluding hydrogens is 230 g/mol. The molecule has 0 spiro atoms. The first-order chi connectivity index (χ1) is 8.26. The summed E-state index contributed by atoms with van der Waals surface area (Å²) in [6, 6.07) is 8.26. The average molecular weight is 253 g/mol. The van der Waals surface area contributed by atoms with E-state index in [0.29, 0.717) is 0 Å². The van der Waals surface area contributed by atoms with Crippen molar-refractivity contribution >= 4 is 11.8 Å². The van der Waals surface area contributed by atoms with Crippen LogP contribution in [-0.2, 0) is 0 Å². The molecular formula is C14H23NOS. The van der Waals surface area contributed by atoms with E-state index in [1.165, 1.54) is 17.7 Å².